The maximum absolute atomic E-state index is 12.8. The average molecular weight is 395 g/mol. The summed E-state index contributed by atoms with van der Waals surface area (Å²) in [5.41, 5.74) is 2.62. The fraction of sp³-hybridized carbons (Fsp3) is 0.421. The van der Waals surface area contributed by atoms with Gasteiger partial charge in [-0.05, 0) is 49.3 Å². The van der Waals surface area contributed by atoms with Gasteiger partial charge in [0.15, 0.2) is 0 Å². The number of aromatic nitrogens is 5. The first-order chi connectivity index (χ1) is 13.8. The topological polar surface area (TPSA) is 88.8 Å². The van der Waals surface area contributed by atoms with Gasteiger partial charge in [0.1, 0.15) is 17.8 Å². The van der Waals surface area contributed by atoms with E-state index in [9.17, 15) is 4.79 Å². The van der Waals surface area contributed by atoms with Crippen molar-refractivity contribution in [3.8, 4) is 11.3 Å². The Balaban J connectivity index is 1.24. The summed E-state index contributed by atoms with van der Waals surface area (Å²) < 4.78 is 6.09. The molecule has 144 valence electrons. The van der Waals surface area contributed by atoms with Crippen LogP contribution in [0.2, 0.25) is 0 Å². The second-order valence-electron chi connectivity index (χ2n) is 7.41. The number of amides is 2. The van der Waals surface area contributed by atoms with Gasteiger partial charge in [-0.2, -0.15) is 0 Å². The molecular formula is C19H21N7OS. The number of nitrogens with one attached hydrogen (secondary N) is 1. The molecule has 1 aromatic carbocycles. The molecule has 3 heterocycles. The minimum Gasteiger partial charge on any atom is -0.324 e. The van der Waals surface area contributed by atoms with Gasteiger partial charge in [0.2, 0.25) is 0 Å². The summed E-state index contributed by atoms with van der Waals surface area (Å²) in [6, 6.07) is 8.19. The molecule has 28 heavy (non-hydrogen) atoms. The highest BCUT2D eigenvalue weighted by molar-refractivity contribution is 7.03. The lowest BCUT2D eigenvalue weighted by Crippen LogP contribution is -2.42. The Kier molecular flexibility index (Phi) is 4.52. The number of hydrogen-bond acceptors (Lipinski definition) is 6. The number of likely N-dealkylation sites (tertiary alicyclic amines) is 1. The van der Waals surface area contributed by atoms with Crippen molar-refractivity contribution in [2.45, 2.75) is 37.6 Å². The summed E-state index contributed by atoms with van der Waals surface area (Å²) in [5.74, 6) is 1.28. The zero-order valence-electron chi connectivity index (χ0n) is 15.4. The highest BCUT2D eigenvalue weighted by atomic mass is 32.1. The lowest BCUT2D eigenvalue weighted by molar-refractivity contribution is 0.190. The molecule has 9 heteroatoms. The lowest BCUT2D eigenvalue weighted by atomic mass is 9.97. The molecule has 1 unspecified atom stereocenters. The summed E-state index contributed by atoms with van der Waals surface area (Å²) in [6.45, 7) is 1.45. The van der Waals surface area contributed by atoms with E-state index < -0.39 is 0 Å². The van der Waals surface area contributed by atoms with Gasteiger partial charge in [-0.1, -0.05) is 16.6 Å². The normalized spacial score (nSPS) is 19.6. The molecule has 3 aromatic rings. The van der Waals surface area contributed by atoms with E-state index in [-0.39, 0.29) is 11.9 Å². The van der Waals surface area contributed by atoms with Crippen molar-refractivity contribution in [2.24, 2.45) is 0 Å². The van der Waals surface area contributed by atoms with Crippen LogP contribution in [0.1, 0.15) is 43.5 Å². The highest BCUT2D eigenvalue weighted by Gasteiger charge is 2.32. The standard InChI is InChI=1S/C19H21N7OS/c27-19(21-15-5-3-13(4-6-15)17-11-28-24-22-17)25-9-1-2-14(10-25)18-23-20-12-26(18)16-7-8-16/h3-6,11-12,14,16H,1-2,7-10H2,(H,21,27). The van der Waals surface area contributed by atoms with Crippen LogP contribution < -0.4 is 5.32 Å². The van der Waals surface area contributed by atoms with Crippen molar-refractivity contribution in [1.82, 2.24) is 29.3 Å². The van der Waals surface area contributed by atoms with E-state index in [1.807, 2.05) is 40.9 Å². The van der Waals surface area contributed by atoms with Gasteiger partial charge in [-0.3, -0.25) is 0 Å². The summed E-state index contributed by atoms with van der Waals surface area (Å²) in [6.07, 6.45) is 6.27. The van der Waals surface area contributed by atoms with Crippen LogP contribution in [0.15, 0.2) is 36.0 Å². The van der Waals surface area contributed by atoms with Gasteiger partial charge in [0, 0.05) is 41.7 Å². The van der Waals surface area contributed by atoms with Crippen LogP contribution in [-0.4, -0.2) is 48.4 Å². The molecule has 2 aromatic heterocycles. The number of anilines is 1. The minimum absolute atomic E-state index is 0.0646. The molecule has 0 bridgehead atoms. The van der Waals surface area contributed by atoms with Crippen molar-refractivity contribution < 1.29 is 4.79 Å². The van der Waals surface area contributed by atoms with E-state index >= 15 is 0 Å². The Bertz CT molecular complexity index is 949. The molecule has 2 aliphatic rings. The van der Waals surface area contributed by atoms with E-state index in [0.717, 1.165) is 42.2 Å². The summed E-state index contributed by atoms with van der Waals surface area (Å²) in [4.78, 5) is 14.7. The number of benzene rings is 1. The molecule has 5 rings (SSSR count). The Morgan fingerprint density at radius 1 is 1.14 bits per heavy atom. The van der Waals surface area contributed by atoms with Crippen LogP contribution in [0, 0.1) is 0 Å². The van der Waals surface area contributed by atoms with Crippen LogP contribution in [-0.2, 0) is 0 Å². The van der Waals surface area contributed by atoms with Crippen LogP contribution >= 0.6 is 11.5 Å². The van der Waals surface area contributed by atoms with E-state index in [1.54, 1.807) is 0 Å². The summed E-state index contributed by atoms with van der Waals surface area (Å²) >= 11 is 1.32. The third-order valence-corrected chi connectivity index (χ3v) is 5.91. The molecule has 2 fully saturated rings. The summed E-state index contributed by atoms with van der Waals surface area (Å²) in [5, 5.41) is 17.4. The van der Waals surface area contributed by atoms with Crippen molar-refractivity contribution in [3.05, 3.63) is 41.8 Å². The predicted octanol–water partition coefficient (Wildman–Crippen LogP) is 3.54. The molecule has 8 nitrogen and oxygen atoms in total. The molecule has 1 aliphatic heterocycles. The quantitative estimate of drug-likeness (QED) is 0.730. The zero-order valence-corrected chi connectivity index (χ0v) is 16.2. The molecule has 1 saturated heterocycles. The smallest absolute Gasteiger partial charge is 0.321 e. The molecule has 1 atom stereocenters. The first-order valence-corrected chi connectivity index (χ1v) is 10.4. The molecule has 1 saturated carbocycles. The lowest BCUT2D eigenvalue weighted by Gasteiger charge is -2.32. The third-order valence-electron chi connectivity index (χ3n) is 5.41. The van der Waals surface area contributed by atoms with E-state index in [0.29, 0.717) is 12.6 Å². The molecular weight excluding hydrogens is 374 g/mol. The number of rotatable bonds is 4. The van der Waals surface area contributed by atoms with Crippen molar-refractivity contribution in [2.75, 3.05) is 18.4 Å². The Labute approximate surface area is 166 Å². The summed E-state index contributed by atoms with van der Waals surface area (Å²) in [7, 11) is 0. The largest absolute Gasteiger partial charge is 0.324 e. The maximum Gasteiger partial charge on any atom is 0.321 e. The van der Waals surface area contributed by atoms with Gasteiger partial charge in [0.25, 0.3) is 0 Å². The van der Waals surface area contributed by atoms with Crippen molar-refractivity contribution in [3.63, 3.8) is 0 Å². The van der Waals surface area contributed by atoms with Crippen LogP contribution in [0.3, 0.4) is 0 Å². The Morgan fingerprint density at radius 2 is 2.00 bits per heavy atom. The minimum atomic E-state index is -0.0646. The van der Waals surface area contributed by atoms with Gasteiger partial charge in [-0.15, -0.1) is 15.3 Å². The number of carbonyl (C=O) groups excluding carboxylic acids is 1. The first kappa shape index (κ1) is 17.3. The number of nitrogens with zero attached hydrogens (tertiary/aromatic N) is 6. The SMILES string of the molecule is O=C(Nc1ccc(-c2csnn2)cc1)N1CCCC(c2nncn2C2CC2)C1. The van der Waals surface area contributed by atoms with Crippen LogP contribution in [0.25, 0.3) is 11.3 Å². The van der Waals surface area contributed by atoms with Gasteiger partial charge in [0.05, 0.1) is 0 Å². The van der Waals surface area contributed by atoms with E-state index in [2.05, 4.69) is 29.7 Å². The van der Waals surface area contributed by atoms with Crippen molar-refractivity contribution in [1.29, 1.82) is 0 Å². The fourth-order valence-corrected chi connectivity index (χ4v) is 4.23. The van der Waals surface area contributed by atoms with Crippen LogP contribution in [0.4, 0.5) is 10.5 Å². The molecule has 0 radical (unpaired) electrons. The number of hydrogen-bond donors (Lipinski definition) is 1. The van der Waals surface area contributed by atoms with Gasteiger partial charge >= 0.3 is 6.03 Å². The molecule has 1 N–H and O–H groups in total. The maximum atomic E-state index is 12.8. The fourth-order valence-electron chi connectivity index (χ4n) is 3.77. The second kappa shape index (κ2) is 7.31. The molecule has 2 amide bonds. The Morgan fingerprint density at radius 3 is 2.75 bits per heavy atom. The number of piperidine rings is 1. The Hall–Kier alpha value is -2.81. The van der Waals surface area contributed by atoms with E-state index in [1.165, 1.54) is 24.4 Å². The molecule has 1 aliphatic carbocycles. The van der Waals surface area contributed by atoms with Crippen LogP contribution in [0.5, 0.6) is 0 Å². The second-order valence-corrected chi connectivity index (χ2v) is 8.02. The number of urea groups is 1. The zero-order chi connectivity index (χ0) is 18.9. The van der Waals surface area contributed by atoms with E-state index in [4.69, 9.17) is 0 Å². The highest BCUT2D eigenvalue weighted by Crippen LogP contribution is 2.38. The van der Waals surface area contributed by atoms with Gasteiger partial charge in [-0.25, -0.2) is 4.79 Å². The van der Waals surface area contributed by atoms with Gasteiger partial charge < -0.3 is 14.8 Å². The predicted molar refractivity (Wildman–Crippen MR) is 106 cm³/mol. The molecule has 0 spiro atoms. The number of carbonyl (C=O) groups is 1. The third kappa shape index (κ3) is 3.49. The van der Waals surface area contributed by atoms with Crippen molar-refractivity contribution >= 4 is 23.3 Å². The first-order valence-electron chi connectivity index (χ1n) is 9.61. The monoisotopic (exact) mass is 395 g/mol. The average Bonchev–Trinajstić information content (AvgIpc) is 3.21.